The Morgan fingerprint density at radius 1 is 1.15 bits per heavy atom. The Balaban J connectivity index is 1.61. The molecule has 6 nitrogen and oxygen atoms in total. The number of nitro benzene ring substituents is 1. The van der Waals surface area contributed by atoms with Crippen LogP contribution in [0.3, 0.4) is 0 Å². The second-order valence-electron chi connectivity index (χ2n) is 6.07. The van der Waals surface area contributed by atoms with Crippen molar-refractivity contribution in [3.8, 4) is 0 Å². The van der Waals surface area contributed by atoms with E-state index in [4.69, 9.17) is 11.6 Å². The minimum Gasteiger partial charge on any atom is -0.366 e. The molecule has 0 spiro atoms. The van der Waals surface area contributed by atoms with Crippen molar-refractivity contribution in [3.63, 3.8) is 0 Å². The van der Waals surface area contributed by atoms with Crippen molar-refractivity contribution in [2.45, 2.75) is 0 Å². The molecule has 1 saturated heterocycles. The average molecular weight is 390 g/mol. The van der Waals surface area contributed by atoms with Gasteiger partial charge in [0.25, 0.3) is 5.69 Å². The summed E-state index contributed by atoms with van der Waals surface area (Å²) >= 11 is 5.78. The quantitative estimate of drug-likeness (QED) is 0.454. The highest BCUT2D eigenvalue weighted by molar-refractivity contribution is 6.32. The molecule has 1 fully saturated rings. The lowest BCUT2D eigenvalue weighted by atomic mass is 10.2. The van der Waals surface area contributed by atoms with Crippen LogP contribution < -0.4 is 4.90 Å². The van der Waals surface area contributed by atoms with Gasteiger partial charge in [-0.15, -0.1) is 0 Å². The van der Waals surface area contributed by atoms with Gasteiger partial charge in [0.15, 0.2) is 0 Å². The molecule has 0 radical (unpaired) electrons. The van der Waals surface area contributed by atoms with Gasteiger partial charge in [0.05, 0.1) is 10.6 Å². The first-order valence-electron chi connectivity index (χ1n) is 8.36. The molecule has 27 heavy (non-hydrogen) atoms. The minimum absolute atomic E-state index is 0.0488. The Labute approximate surface area is 160 Å². The van der Waals surface area contributed by atoms with Crippen LogP contribution in [0.1, 0.15) is 5.56 Å². The molecule has 0 aromatic heterocycles. The zero-order valence-electron chi connectivity index (χ0n) is 14.3. The van der Waals surface area contributed by atoms with E-state index in [0.717, 1.165) is 0 Å². The maximum atomic E-state index is 13.9. The van der Waals surface area contributed by atoms with E-state index in [-0.39, 0.29) is 22.4 Å². The van der Waals surface area contributed by atoms with E-state index in [2.05, 4.69) is 0 Å². The van der Waals surface area contributed by atoms with Crippen LogP contribution in [0.4, 0.5) is 15.8 Å². The van der Waals surface area contributed by atoms with E-state index in [1.165, 1.54) is 30.4 Å². The van der Waals surface area contributed by atoms with Gasteiger partial charge < -0.3 is 9.80 Å². The summed E-state index contributed by atoms with van der Waals surface area (Å²) < 4.78 is 13.9. The summed E-state index contributed by atoms with van der Waals surface area (Å²) in [6.45, 7) is 2.01. The lowest BCUT2D eigenvalue weighted by Gasteiger charge is -2.35. The molecule has 8 heteroatoms. The van der Waals surface area contributed by atoms with Crippen LogP contribution in [0.2, 0.25) is 5.02 Å². The molecule has 0 aliphatic carbocycles. The maximum absolute atomic E-state index is 13.9. The van der Waals surface area contributed by atoms with E-state index in [1.54, 1.807) is 29.2 Å². The van der Waals surface area contributed by atoms with Crippen LogP contribution in [-0.4, -0.2) is 41.9 Å². The van der Waals surface area contributed by atoms with Crippen LogP contribution in [0.25, 0.3) is 6.08 Å². The number of hydrogen-bond donors (Lipinski definition) is 0. The molecule has 0 saturated carbocycles. The van der Waals surface area contributed by atoms with Gasteiger partial charge in [-0.1, -0.05) is 29.8 Å². The fourth-order valence-corrected chi connectivity index (χ4v) is 3.11. The second kappa shape index (κ2) is 8.18. The number of amides is 1. The Morgan fingerprint density at radius 2 is 1.85 bits per heavy atom. The minimum atomic E-state index is -0.566. The van der Waals surface area contributed by atoms with E-state index in [1.807, 2.05) is 4.90 Å². The smallest absolute Gasteiger partial charge is 0.288 e. The molecule has 0 N–H and O–H groups in total. The normalized spacial score (nSPS) is 14.6. The third-order valence-electron chi connectivity index (χ3n) is 4.37. The van der Waals surface area contributed by atoms with Gasteiger partial charge in [-0.3, -0.25) is 14.9 Å². The monoisotopic (exact) mass is 389 g/mol. The number of anilines is 1. The molecule has 0 bridgehead atoms. The van der Waals surface area contributed by atoms with Gasteiger partial charge in [-0.25, -0.2) is 4.39 Å². The van der Waals surface area contributed by atoms with Crippen LogP contribution in [0.5, 0.6) is 0 Å². The molecule has 1 amide bonds. The van der Waals surface area contributed by atoms with Crippen LogP contribution in [0, 0.1) is 15.9 Å². The molecule has 140 valence electrons. The van der Waals surface area contributed by atoms with E-state index in [0.29, 0.717) is 37.4 Å². The number of carbonyl (C=O) groups is 1. The van der Waals surface area contributed by atoms with Crippen molar-refractivity contribution in [2.24, 2.45) is 0 Å². The van der Waals surface area contributed by atoms with Crippen molar-refractivity contribution in [1.29, 1.82) is 0 Å². The van der Waals surface area contributed by atoms with Gasteiger partial charge in [-0.05, 0) is 29.8 Å². The summed E-state index contributed by atoms with van der Waals surface area (Å²) in [7, 11) is 0. The number of rotatable bonds is 4. The molecule has 1 aliphatic rings. The van der Waals surface area contributed by atoms with Gasteiger partial charge >= 0.3 is 0 Å². The molecule has 1 aliphatic heterocycles. The average Bonchev–Trinajstić information content (AvgIpc) is 2.67. The summed E-state index contributed by atoms with van der Waals surface area (Å²) in [5, 5.41) is 11.0. The third-order valence-corrected chi connectivity index (χ3v) is 4.69. The lowest BCUT2D eigenvalue weighted by molar-refractivity contribution is -0.384. The number of para-hydroxylation sites is 1. The molecule has 0 unspecified atom stereocenters. The number of hydrogen-bond acceptors (Lipinski definition) is 4. The number of carbonyl (C=O) groups excluding carboxylic acids is 1. The first kappa shape index (κ1) is 18.8. The van der Waals surface area contributed by atoms with Crippen molar-refractivity contribution >= 4 is 35.0 Å². The molecular weight excluding hydrogens is 373 g/mol. The fraction of sp³-hybridized carbons (Fsp3) is 0.211. The van der Waals surface area contributed by atoms with Crippen LogP contribution in [-0.2, 0) is 4.79 Å². The standard InChI is InChI=1S/C19H17ClFN3O3/c20-15-7-5-14(13-18(15)24(26)27)6-8-19(25)23-11-9-22(10-12-23)17-4-2-1-3-16(17)21/h1-8,13H,9-12H2/b8-6+. The van der Waals surface area contributed by atoms with Crippen LogP contribution in [0.15, 0.2) is 48.5 Å². The van der Waals surface area contributed by atoms with Gasteiger partial charge in [0, 0.05) is 38.3 Å². The molecule has 3 rings (SSSR count). The van der Waals surface area contributed by atoms with Gasteiger partial charge in [0.1, 0.15) is 10.8 Å². The molecule has 2 aromatic carbocycles. The summed E-state index contributed by atoms with van der Waals surface area (Å²) in [5.41, 5.74) is 0.850. The van der Waals surface area contributed by atoms with Crippen molar-refractivity contribution in [1.82, 2.24) is 4.90 Å². The summed E-state index contributed by atoms with van der Waals surface area (Å²) in [4.78, 5) is 26.3. The number of halogens is 2. The zero-order valence-corrected chi connectivity index (χ0v) is 15.1. The Kier molecular flexibility index (Phi) is 5.71. The molecule has 2 aromatic rings. The van der Waals surface area contributed by atoms with Crippen LogP contribution >= 0.6 is 11.6 Å². The lowest BCUT2D eigenvalue weighted by Crippen LogP contribution is -2.48. The summed E-state index contributed by atoms with van der Waals surface area (Å²) in [6.07, 6.45) is 2.90. The highest BCUT2D eigenvalue weighted by Crippen LogP contribution is 2.25. The number of nitro groups is 1. The van der Waals surface area contributed by atoms with Crippen molar-refractivity contribution in [2.75, 3.05) is 31.1 Å². The SMILES string of the molecule is O=C(/C=C/c1ccc(Cl)c([N+](=O)[O-])c1)N1CCN(c2ccccc2F)CC1. The Hall–Kier alpha value is -2.93. The molecular formula is C19H17ClFN3O3. The number of piperazine rings is 1. The van der Waals surface area contributed by atoms with Gasteiger partial charge in [0.2, 0.25) is 5.91 Å². The van der Waals surface area contributed by atoms with E-state index in [9.17, 15) is 19.3 Å². The largest absolute Gasteiger partial charge is 0.366 e. The predicted octanol–water partition coefficient (Wildman–Crippen LogP) is 3.75. The Bertz CT molecular complexity index is 896. The van der Waals surface area contributed by atoms with E-state index < -0.39 is 4.92 Å². The molecule has 1 heterocycles. The topological polar surface area (TPSA) is 66.7 Å². The highest BCUT2D eigenvalue weighted by Gasteiger charge is 2.21. The number of benzene rings is 2. The molecule has 0 atom stereocenters. The Morgan fingerprint density at radius 3 is 2.52 bits per heavy atom. The zero-order chi connectivity index (χ0) is 19.4. The maximum Gasteiger partial charge on any atom is 0.288 e. The van der Waals surface area contributed by atoms with E-state index >= 15 is 0 Å². The second-order valence-corrected chi connectivity index (χ2v) is 6.47. The van der Waals surface area contributed by atoms with Crippen molar-refractivity contribution < 1.29 is 14.1 Å². The summed E-state index contributed by atoms with van der Waals surface area (Å²) in [6, 6.07) is 10.9. The van der Waals surface area contributed by atoms with Crippen molar-refractivity contribution in [3.05, 3.63) is 75.1 Å². The first-order valence-corrected chi connectivity index (χ1v) is 8.74. The highest BCUT2D eigenvalue weighted by atomic mass is 35.5. The first-order chi connectivity index (χ1) is 13.0. The summed E-state index contributed by atoms with van der Waals surface area (Å²) in [5.74, 6) is -0.470. The number of nitrogens with zero attached hydrogens (tertiary/aromatic N) is 3. The predicted molar refractivity (Wildman–Crippen MR) is 102 cm³/mol. The van der Waals surface area contributed by atoms with Gasteiger partial charge in [-0.2, -0.15) is 0 Å². The fourth-order valence-electron chi connectivity index (χ4n) is 2.92. The third kappa shape index (κ3) is 4.43.